The quantitative estimate of drug-likeness (QED) is 0.307. The van der Waals surface area contributed by atoms with E-state index in [0.717, 1.165) is 50.0 Å². The molecule has 0 fully saturated rings. The first-order valence-corrected chi connectivity index (χ1v) is 12.9. The van der Waals surface area contributed by atoms with Crippen LogP contribution < -0.4 is 4.74 Å². The van der Waals surface area contributed by atoms with Crippen LogP contribution in [0.5, 0.6) is 5.75 Å². The first-order valence-electron chi connectivity index (χ1n) is 12.0. The van der Waals surface area contributed by atoms with Gasteiger partial charge in [0.15, 0.2) is 5.12 Å². The van der Waals surface area contributed by atoms with Crippen LogP contribution in [0.2, 0.25) is 0 Å². The molecule has 3 aromatic rings. The highest BCUT2D eigenvalue weighted by atomic mass is 32.2. The topological polar surface area (TPSA) is 26.3 Å². The van der Waals surface area contributed by atoms with Crippen LogP contribution in [0.15, 0.2) is 78.9 Å². The molecule has 0 unspecified atom stereocenters. The molecule has 0 radical (unpaired) electrons. The van der Waals surface area contributed by atoms with Gasteiger partial charge in [-0.25, -0.2) is 0 Å². The Morgan fingerprint density at radius 1 is 0.818 bits per heavy atom. The second-order valence-electron chi connectivity index (χ2n) is 8.50. The first kappa shape index (κ1) is 23.4. The largest absolute Gasteiger partial charge is 0.494 e. The molecule has 0 saturated carbocycles. The highest BCUT2D eigenvalue weighted by Gasteiger charge is 2.19. The highest BCUT2D eigenvalue weighted by Crippen LogP contribution is 2.40. The van der Waals surface area contributed by atoms with Gasteiger partial charge >= 0.3 is 0 Å². The Bertz CT molecular complexity index is 1080. The van der Waals surface area contributed by atoms with E-state index in [1.807, 2.05) is 0 Å². The van der Waals surface area contributed by atoms with Crippen molar-refractivity contribution in [3.8, 4) is 5.75 Å². The van der Waals surface area contributed by atoms with E-state index in [1.165, 1.54) is 45.2 Å². The average Bonchev–Trinajstić information content (AvgIpc) is 3.04. The van der Waals surface area contributed by atoms with E-state index in [-0.39, 0.29) is 5.12 Å². The van der Waals surface area contributed by atoms with E-state index in [2.05, 4.69) is 78.9 Å². The standard InChI is InChI=1S/C30H32O2S/c1-23(31)33-22-9-3-8-21-32-27-19-17-26(18-20-27)30-28-15-7-6-13-25(28)14-10-16-29(30)24-11-4-2-5-12-24/h2,4-7,11-13,15,17-20H,3,8-10,14,16,21-22H2,1H3. The van der Waals surface area contributed by atoms with Crippen molar-refractivity contribution < 1.29 is 9.53 Å². The lowest BCUT2D eigenvalue weighted by atomic mass is 9.88. The normalized spacial score (nSPS) is 13.4. The number of carbonyl (C=O) groups is 1. The molecule has 2 nitrogen and oxygen atoms in total. The molecule has 0 bridgehead atoms. The summed E-state index contributed by atoms with van der Waals surface area (Å²) in [5.41, 5.74) is 8.12. The van der Waals surface area contributed by atoms with Gasteiger partial charge in [0.2, 0.25) is 0 Å². The number of allylic oxidation sites excluding steroid dienone is 1. The second-order valence-corrected chi connectivity index (χ2v) is 9.78. The van der Waals surface area contributed by atoms with Gasteiger partial charge in [-0.2, -0.15) is 0 Å². The molecule has 0 heterocycles. The Balaban J connectivity index is 1.51. The third-order valence-electron chi connectivity index (χ3n) is 6.09. The number of carbonyl (C=O) groups excluding carboxylic acids is 1. The van der Waals surface area contributed by atoms with Crippen LogP contribution in [0.25, 0.3) is 11.1 Å². The average molecular weight is 457 g/mol. The van der Waals surface area contributed by atoms with Crippen LogP contribution in [0.4, 0.5) is 0 Å². The predicted octanol–water partition coefficient (Wildman–Crippen LogP) is 7.81. The van der Waals surface area contributed by atoms with Crippen molar-refractivity contribution in [2.75, 3.05) is 12.4 Å². The number of rotatable bonds is 9. The molecule has 1 aliphatic rings. The third kappa shape index (κ3) is 6.39. The van der Waals surface area contributed by atoms with E-state index in [9.17, 15) is 4.79 Å². The van der Waals surface area contributed by atoms with Gasteiger partial charge < -0.3 is 4.74 Å². The van der Waals surface area contributed by atoms with Gasteiger partial charge in [0.25, 0.3) is 0 Å². The van der Waals surface area contributed by atoms with Gasteiger partial charge in [-0.05, 0) is 84.1 Å². The van der Waals surface area contributed by atoms with Gasteiger partial charge in [-0.15, -0.1) is 0 Å². The zero-order valence-electron chi connectivity index (χ0n) is 19.4. The highest BCUT2D eigenvalue weighted by molar-refractivity contribution is 8.13. The monoisotopic (exact) mass is 456 g/mol. The van der Waals surface area contributed by atoms with Crippen molar-refractivity contribution in [2.45, 2.75) is 45.4 Å². The molecule has 4 rings (SSSR count). The predicted molar refractivity (Wildman–Crippen MR) is 141 cm³/mol. The molecule has 0 aliphatic heterocycles. The maximum Gasteiger partial charge on any atom is 0.185 e. The number of hydrogen-bond acceptors (Lipinski definition) is 3. The summed E-state index contributed by atoms with van der Waals surface area (Å²) in [6.07, 6.45) is 6.51. The van der Waals surface area contributed by atoms with Crippen molar-refractivity contribution in [3.63, 3.8) is 0 Å². The summed E-state index contributed by atoms with van der Waals surface area (Å²) in [6, 6.07) is 28.3. The fraction of sp³-hybridized carbons (Fsp3) is 0.300. The van der Waals surface area contributed by atoms with Gasteiger partial charge in [0.1, 0.15) is 5.75 Å². The minimum absolute atomic E-state index is 0.202. The lowest BCUT2D eigenvalue weighted by Crippen LogP contribution is -1.99. The SMILES string of the molecule is CC(=O)SCCCCCOc1ccc(C2=C(c3ccccc3)CCCc3ccccc32)cc1. The molecule has 0 amide bonds. The minimum atomic E-state index is 0.202. The van der Waals surface area contributed by atoms with Crippen LogP contribution in [0, 0.1) is 0 Å². The third-order valence-corrected chi connectivity index (χ3v) is 6.99. The fourth-order valence-electron chi connectivity index (χ4n) is 4.49. The van der Waals surface area contributed by atoms with Gasteiger partial charge in [0, 0.05) is 12.7 Å². The van der Waals surface area contributed by atoms with E-state index < -0.39 is 0 Å². The van der Waals surface area contributed by atoms with Gasteiger partial charge in [-0.1, -0.05) is 78.5 Å². The van der Waals surface area contributed by atoms with Crippen molar-refractivity contribution >= 4 is 28.0 Å². The van der Waals surface area contributed by atoms with Crippen LogP contribution in [-0.4, -0.2) is 17.5 Å². The first-order chi connectivity index (χ1) is 16.2. The smallest absolute Gasteiger partial charge is 0.185 e. The summed E-state index contributed by atoms with van der Waals surface area (Å²) in [5, 5.41) is 0.202. The summed E-state index contributed by atoms with van der Waals surface area (Å²) in [7, 11) is 0. The summed E-state index contributed by atoms with van der Waals surface area (Å²) in [5.74, 6) is 1.82. The molecular formula is C30H32O2S. The molecule has 0 spiro atoms. The number of unbranched alkanes of at least 4 members (excludes halogenated alkanes) is 2. The summed E-state index contributed by atoms with van der Waals surface area (Å²) < 4.78 is 5.99. The van der Waals surface area contributed by atoms with Crippen molar-refractivity contribution in [3.05, 3.63) is 101 Å². The van der Waals surface area contributed by atoms with Crippen LogP contribution in [0.3, 0.4) is 0 Å². The van der Waals surface area contributed by atoms with Gasteiger partial charge in [-0.3, -0.25) is 4.79 Å². The van der Waals surface area contributed by atoms with Crippen LogP contribution >= 0.6 is 11.8 Å². The van der Waals surface area contributed by atoms with E-state index in [4.69, 9.17) is 4.74 Å². The zero-order chi connectivity index (χ0) is 22.9. The maximum atomic E-state index is 11.0. The van der Waals surface area contributed by atoms with E-state index in [0.29, 0.717) is 6.61 Å². The molecular weight excluding hydrogens is 424 g/mol. The number of aryl methyl sites for hydroxylation is 1. The number of thioether (sulfide) groups is 1. The Kier molecular flexibility index (Phi) is 8.43. The molecule has 3 heteroatoms. The van der Waals surface area contributed by atoms with Crippen LogP contribution in [-0.2, 0) is 11.2 Å². The van der Waals surface area contributed by atoms with Crippen molar-refractivity contribution in [1.29, 1.82) is 0 Å². The Hall–Kier alpha value is -2.78. The molecule has 0 aromatic heterocycles. The van der Waals surface area contributed by atoms with E-state index in [1.54, 1.807) is 6.92 Å². The number of hydrogen-bond donors (Lipinski definition) is 0. The second kappa shape index (κ2) is 11.9. The molecule has 0 atom stereocenters. The summed E-state index contributed by atoms with van der Waals surface area (Å²) in [4.78, 5) is 11.0. The van der Waals surface area contributed by atoms with Crippen LogP contribution in [0.1, 0.15) is 61.3 Å². The zero-order valence-corrected chi connectivity index (χ0v) is 20.2. The maximum absolute atomic E-state index is 11.0. The summed E-state index contributed by atoms with van der Waals surface area (Å²) in [6.45, 7) is 2.34. The van der Waals surface area contributed by atoms with Gasteiger partial charge in [0.05, 0.1) is 6.61 Å². The van der Waals surface area contributed by atoms with E-state index >= 15 is 0 Å². The number of benzene rings is 3. The Morgan fingerprint density at radius 3 is 2.36 bits per heavy atom. The summed E-state index contributed by atoms with van der Waals surface area (Å²) >= 11 is 1.41. The fourth-order valence-corrected chi connectivity index (χ4v) is 5.12. The van der Waals surface area contributed by atoms with Crippen molar-refractivity contribution in [2.24, 2.45) is 0 Å². The number of ether oxygens (including phenoxy) is 1. The van der Waals surface area contributed by atoms with Crippen molar-refractivity contribution in [1.82, 2.24) is 0 Å². The minimum Gasteiger partial charge on any atom is -0.494 e. The number of fused-ring (bicyclic) bond motifs is 1. The molecule has 1 aliphatic carbocycles. The lowest BCUT2D eigenvalue weighted by Gasteiger charge is -2.17. The molecule has 3 aromatic carbocycles. The molecule has 0 N–H and O–H groups in total. The Morgan fingerprint density at radius 2 is 1.58 bits per heavy atom. The molecule has 33 heavy (non-hydrogen) atoms. The Labute approximate surface area is 202 Å². The molecule has 0 saturated heterocycles. The lowest BCUT2D eigenvalue weighted by molar-refractivity contribution is -0.109. The molecule has 170 valence electrons.